The first-order valence-corrected chi connectivity index (χ1v) is 8.88. The minimum atomic E-state index is 0. The summed E-state index contributed by atoms with van der Waals surface area (Å²) in [4.78, 5) is 16.2. The van der Waals surface area contributed by atoms with E-state index in [0.717, 1.165) is 44.8 Å². The number of carbonyl (C=O) groups is 1. The summed E-state index contributed by atoms with van der Waals surface area (Å²) in [6.45, 7) is 6.04. The predicted octanol–water partition coefficient (Wildman–Crippen LogP) is 3.26. The van der Waals surface area contributed by atoms with Crippen molar-refractivity contribution in [1.29, 1.82) is 0 Å². The monoisotopic (exact) mass is 390 g/mol. The van der Waals surface area contributed by atoms with Crippen LogP contribution in [0, 0.1) is 11.8 Å². The van der Waals surface area contributed by atoms with Gasteiger partial charge in [-0.05, 0) is 62.7 Å². The molecule has 0 radical (unpaired) electrons. The van der Waals surface area contributed by atoms with Crippen molar-refractivity contribution in [3.63, 3.8) is 0 Å². The number of carbonyl (C=O) groups excluding carboxylic acids is 1. The quantitative estimate of drug-likeness (QED) is 0.566. The average molecular weight is 391 g/mol. The first-order valence-electron chi connectivity index (χ1n) is 8.88. The number of nitrogens with one attached hydrogen (secondary N) is 3. The maximum Gasteiger partial charge on any atom is 0.220 e. The van der Waals surface area contributed by atoms with E-state index in [9.17, 15) is 4.79 Å². The van der Waals surface area contributed by atoms with E-state index in [-0.39, 0.29) is 30.7 Å². The van der Waals surface area contributed by atoms with Crippen LogP contribution in [0.5, 0.6) is 0 Å². The smallest absolute Gasteiger partial charge is 0.220 e. The van der Waals surface area contributed by atoms with Gasteiger partial charge in [0.1, 0.15) is 5.82 Å². The van der Waals surface area contributed by atoms with Crippen LogP contribution in [0.2, 0.25) is 0 Å². The Labute approximate surface area is 164 Å². The van der Waals surface area contributed by atoms with Gasteiger partial charge in [0.2, 0.25) is 5.91 Å². The molecule has 5 nitrogen and oxygen atoms in total. The highest BCUT2D eigenvalue weighted by Crippen LogP contribution is 2.22. The molecule has 1 aliphatic rings. The number of aromatic nitrogens is 1. The van der Waals surface area contributed by atoms with Gasteiger partial charge in [-0.15, -0.1) is 24.8 Å². The van der Waals surface area contributed by atoms with Gasteiger partial charge in [-0.3, -0.25) is 4.79 Å². The number of pyridine rings is 1. The number of piperidine rings is 1. The van der Waals surface area contributed by atoms with Gasteiger partial charge in [0.25, 0.3) is 0 Å². The van der Waals surface area contributed by atoms with E-state index in [1.807, 2.05) is 18.2 Å². The van der Waals surface area contributed by atoms with E-state index in [4.69, 9.17) is 0 Å². The van der Waals surface area contributed by atoms with E-state index in [1.54, 1.807) is 6.20 Å². The van der Waals surface area contributed by atoms with Crippen LogP contribution in [0.1, 0.15) is 39.0 Å². The van der Waals surface area contributed by atoms with E-state index in [0.29, 0.717) is 18.3 Å². The Morgan fingerprint density at radius 3 is 2.80 bits per heavy atom. The Kier molecular flexibility index (Phi) is 13.6. The lowest BCUT2D eigenvalue weighted by Gasteiger charge is -2.28. The molecule has 25 heavy (non-hydrogen) atoms. The Balaban J connectivity index is 0.00000288. The van der Waals surface area contributed by atoms with Crippen molar-refractivity contribution in [3.8, 4) is 0 Å². The molecule has 0 bridgehead atoms. The van der Waals surface area contributed by atoms with Gasteiger partial charge in [0.05, 0.1) is 0 Å². The third kappa shape index (κ3) is 9.88. The van der Waals surface area contributed by atoms with E-state index in [1.165, 1.54) is 12.8 Å². The van der Waals surface area contributed by atoms with Gasteiger partial charge in [0, 0.05) is 25.7 Å². The van der Waals surface area contributed by atoms with Gasteiger partial charge in [0.15, 0.2) is 0 Å². The SMILES string of the molecule is CC(CC(=O)NCCCCNc1ccccn1)C1CCCNC1.Cl.Cl. The molecule has 0 aromatic carbocycles. The molecule has 1 amide bonds. The number of unbranched alkanes of at least 4 members (excludes halogenated alkanes) is 1. The van der Waals surface area contributed by atoms with Crippen molar-refractivity contribution in [2.24, 2.45) is 11.8 Å². The van der Waals surface area contributed by atoms with Gasteiger partial charge in [-0.1, -0.05) is 13.0 Å². The Hall–Kier alpha value is -1.04. The second kappa shape index (κ2) is 14.2. The van der Waals surface area contributed by atoms with E-state index < -0.39 is 0 Å². The first kappa shape index (κ1) is 24.0. The summed E-state index contributed by atoms with van der Waals surface area (Å²) < 4.78 is 0. The molecule has 2 heterocycles. The van der Waals surface area contributed by atoms with Crippen LogP contribution in [0.15, 0.2) is 24.4 Å². The summed E-state index contributed by atoms with van der Waals surface area (Å²) in [5, 5.41) is 9.75. The fraction of sp³-hybridized carbons (Fsp3) is 0.667. The van der Waals surface area contributed by atoms with Crippen molar-refractivity contribution in [2.75, 3.05) is 31.5 Å². The summed E-state index contributed by atoms with van der Waals surface area (Å²) in [6, 6.07) is 5.84. The van der Waals surface area contributed by atoms with Crippen LogP contribution in [0.4, 0.5) is 5.82 Å². The van der Waals surface area contributed by atoms with Crippen molar-refractivity contribution < 1.29 is 4.79 Å². The summed E-state index contributed by atoms with van der Waals surface area (Å²) in [5.41, 5.74) is 0. The number of halogens is 2. The standard InChI is InChI=1S/C18H30N4O.2ClH/c1-15(16-7-6-9-19-14-16)13-18(23)22-12-5-4-11-21-17-8-2-3-10-20-17;;/h2-3,8,10,15-16,19H,4-7,9,11-14H2,1H3,(H,20,21)(H,22,23);2*1H. The van der Waals surface area contributed by atoms with Gasteiger partial charge in [-0.2, -0.15) is 0 Å². The largest absolute Gasteiger partial charge is 0.370 e. The molecule has 0 spiro atoms. The summed E-state index contributed by atoms with van der Waals surface area (Å²) in [6.07, 6.45) is 6.94. The normalized spacial score (nSPS) is 17.6. The van der Waals surface area contributed by atoms with E-state index in [2.05, 4.69) is 27.9 Å². The lowest BCUT2D eigenvalue weighted by atomic mass is 9.85. The van der Waals surface area contributed by atoms with E-state index >= 15 is 0 Å². The van der Waals surface area contributed by atoms with Crippen molar-refractivity contribution >= 4 is 36.5 Å². The molecular formula is C18H32Cl2N4O. The molecule has 1 saturated heterocycles. The number of amides is 1. The zero-order valence-electron chi connectivity index (χ0n) is 15.0. The van der Waals surface area contributed by atoms with Crippen molar-refractivity contribution in [2.45, 2.75) is 39.0 Å². The highest BCUT2D eigenvalue weighted by molar-refractivity contribution is 5.85. The number of anilines is 1. The molecule has 2 atom stereocenters. The number of rotatable bonds is 9. The lowest BCUT2D eigenvalue weighted by Crippen LogP contribution is -2.35. The lowest BCUT2D eigenvalue weighted by molar-refractivity contribution is -0.122. The van der Waals surface area contributed by atoms with Gasteiger partial charge >= 0.3 is 0 Å². The first-order chi connectivity index (χ1) is 11.3. The van der Waals surface area contributed by atoms with Gasteiger partial charge < -0.3 is 16.0 Å². The molecule has 7 heteroatoms. The maximum absolute atomic E-state index is 12.0. The average Bonchev–Trinajstić information content (AvgIpc) is 2.59. The minimum absolute atomic E-state index is 0. The predicted molar refractivity (Wildman–Crippen MR) is 109 cm³/mol. The fourth-order valence-electron chi connectivity index (χ4n) is 3.06. The van der Waals surface area contributed by atoms with Crippen LogP contribution >= 0.6 is 24.8 Å². The summed E-state index contributed by atoms with van der Waals surface area (Å²) in [7, 11) is 0. The molecule has 0 saturated carbocycles. The van der Waals surface area contributed by atoms with Crippen LogP contribution in [0.3, 0.4) is 0 Å². The number of hydrogen-bond acceptors (Lipinski definition) is 4. The third-order valence-electron chi connectivity index (χ3n) is 4.54. The molecule has 0 aliphatic carbocycles. The molecule has 2 rings (SSSR count). The van der Waals surface area contributed by atoms with Gasteiger partial charge in [-0.25, -0.2) is 4.98 Å². The summed E-state index contributed by atoms with van der Waals surface area (Å²) in [5.74, 6) is 2.22. The topological polar surface area (TPSA) is 66.0 Å². The molecule has 1 fully saturated rings. The number of nitrogens with zero attached hydrogens (tertiary/aromatic N) is 1. The van der Waals surface area contributed by atoms with Crippen LogP contribution < -0.4 is 16.0 Å². The minimum Gasteiger partial charge on any atom is -0.370 e. The van der Waals surface area contributed by atoms with Crippen LogP contribution in [-0.2, 0) is 4.79 Å². The molecule has 144 valence electrons. The third-order valence-corrected chi connectivity index (χ3v) is 4.54. The van der Waals surface area contributed by atoms with Crippen molar-refractivity contribution in [1.82, 2.24) is 15.6 Å². The van der Waals surface area contributed by atoms with Crippen molar-refractivity contribution in [3.05, 3.63) is 24.4 Å². The Morgan fingerprint density at radius 1 is 1.32 bits per heavy atom. The second-order valence-corrected chi connectivity index (χ2v) is 6.49. The maximum atomic E-state index is 12.0. The molecule has 1 aromatic heterocycles. The zero-order chi connectivity index (χ0) is 16.3. The molecular weight excluding hydrogens is 359 g/mol. The highest BCUT2D eigenvalue weighted by atomic mass is 35.5. The number of hydrogen-bond donors (Lipinski definition) is 3. The van der Waals surface area contributed by atoms with Crippen LogP contribution in [0.25, 0.3) is 0 Å². The fourth-order valence-corrected chi connectivity index (χ4v) is 3.06. The molecule has 3 N–H and O–H groups in total. The zero-order valence-corrected chi connectivity index (χ0v) is 16.6. The molecule has 2 unspecified atom stereocenters. The second-order valence-electron chi connectivity index (χ2n) is 6.49. The molecule has 1 aliphatic heterocycles. The molecule has 1 aromatic rings. The Bertz CT molecular complexity index is 456. The summed E-state index contributed by atoms with van der Waals surface area (Å²) >= 11 is 0. The highest BCUT2D eigenvalue weighted by Gasteiger charge is 2.21. The van der Waals surface area contributed by atoms with Crippen LogP contribution in [-0.4, -0.2) is 37.1 Å². The Morgan fingerprint density at radius 2 is 2.12 bits per heavy atom.